The Morgan fingerprint density at radius 3 is 2.25 bits per heavy atom. The second-order valence-electron chi connectivity index (χ2n) is 6.18. The van der Waals surface area contributed by atoms with E-state index in [1.54, 1.807) is 47.4 Å². The molecule has 1 N–H and O–H groups in total. The number of halogens is 1. The average Bonchev–Trinajstić information content (AvgIpc) is 2.54. The monoisotopic (exact) mass is 343 g/mol. The highest BCUT2D eigenvalue weighted by Gasteiger charge is 2.45. The highest BCUT2D eigenvalue weighted by molar-refractivity contribution is 6.31. The molecule has 0 spiro atoms. The summed E-state index contributed by atoms with van der Waals surface area (Å²) < 4.78 is 0. The van der Waals surface area contributed by atoms with Gasteiger partial charge in [-0.05, 0) is 37.1 Å². The van der Waals surface area contributed by atoms with Crippen LogP contribution >= 0.6 is 11.6 Å². The summed E-state index contributed by atoms with van der Waals surface area (Å²) in [7, 11) is 0. The first-order valence-electron chi connectivity index (χ1n) is 7.82. The zero-order chi connectivity index (χ0) is 17.4. The minimum atomic E-state index is -0.967. The van der Waals surface area contributed by atoms with Crippen molar-refractivity contribution in [2.75, 3.05) is 0 Å². The van der Waals surface area contributed by atoms with Crippen LogP contribution in [0.1, 0.15) is 47.3 Å². The first-order chi connectivity index (χ1) is 11.4. The summed E-state index contributed by atoms with van der Waals surface area (Å²) in [5, 5.41) is 10.4. The molecule has 3 rings (SSSR count). The van der Waals surface area contributed by atoms with E-state index in [0.717, 1.165) is 0 Å². The van der Waals surface area contributed by atoms with Crippen LogP contribution in [0.3, 0.4) is 0 Å². The van der Waals surface area contributed by atoms with Gasteiger partial charge in [-0.25, -0.2) is 0 Å². The van der Waals surface area contributed by atoms with Crippen molar-refractivity contribution in [3.05, 3.63) is 70.2 Å². The Morgan fingerprint density at radius 2 is 1.67 bits per heavy atom. The van der Waals surface area contributed by atoms with Crippen molar-refractivity contribution in [2.45, 2.75) is 31.8 Å². The molecule has 4 nitrogen and oxygen atoms in total. The molecule has 0 saturated heterocycles. The Hall–Kier alpha value is -2.33. The third kappa shape index (κ3) is 2.57. The second-order valence-corrected chi connectivity index (χ2v) is 6.58. The highest BCUT2D eigenvalue weighted by atomic mass is 35.5. The molecule has 1 amide bonds. The van der Waals surface area contributed by atoms with Gasteiger partial charge >= 0.3 is 5.97 Å². The van der Waals surface area contributed by atoms with Crippen LogP contribution < -0.4 is 0 Å². The predicted molar refractivity (Wildman–Crippen MR) is 92.3 cm³/mol. The lowest BCUT2D eigenvalue weighted by Gasteiger charge is -2.43. The molecule has 0 radical (unpaired) electrons. The van der Waals surface area contributed by atoms with Gasteiger partial charge in [0.15, 0.2) is 0 Å². The largest absolute Gasteiger partial charge is 0.481 e. The molecule has 0 unspecified atom stereocenters. The smallest absolute Gasteiger partial charge is 0.313 e. The Bertz CT molecular complexity index is 803. The molecule has 2 aromatic rings. The van der Waals surface area contributed by atoms with Crippen molar-refractivity contribution in [3.63, 3.8) is 0 Å². The quantitative estimate of drug-likeness (QED) is 0.912. The molecule has 24 heavy (non-hydrogen) atoms. The third-order valence-electron chi connectivity index (χ3n) is 4.42. The molecular weight excluding hydrogens is 326 g/mol. The summed E-state index contributed by atoms with van der Waals surface area (Å²) in [5.74, 6) is -1.99. The number of carboxylic acids is 1. The lowest BCUT2D eigenvalue weighted by molar-refractivity contribution is -0.140. The molecule has 124 valence electrons. The third-order valence-corrected chi connectivity index (χ3v) is 4.77. The number of fused-ring (bicyclic) bond motifs is 1. The number of rotatable bonds is 3. The van der Waals surface area contributed by atoms with Gasteiger partial charge in [0.1, 0.15) is 5.92 Å². The summed E-state index contributed by atoms with van der Waals surface area (Å²) in [6, 6.07) is 13.2. The van der Waals surface area contributed by atoms with Crippen LogP contribution in [-0.4, -0.2) is 27.9 Å². The fraction of sp³-hybridized carbons (Fsp3) is 0.263. The van der Waals surface area contributed by atoms with Crippen LogP contribution in [0.25, 0.3) is 0 Å². The van der Waals surface area contributed by atoms with Gasteiger partial charge in [-0.2, -0.15) is 0 Å². The summed E-state index contributed by atoms with van der Waals surface area (Å²) in [5.41, 5.74) is 1.64. The molecule has 1 aliphatic rings. The van der Waals surface area contributed by atoms with E-state index in [2.05, 4.69) is 0 Å². The fourth-order valence-corrected chi connectivity index (χ4v) is 3.67. The van der Waals surface area contributed by atoms with Gasteiger partial charge in [0.05, 0.1) is 6.04 Å². The van der Waals surface area contributed by atoms with Gasteiger partial charge < -0.3 is 10.0 Å². The molecule has 0 saturated carbocycles. The highest BCUT2D eigenvalue weighted by Crippen LogP contribution is 2.45. The molecule has 1 heterocycles. The van der Waals surface area contributed by atoms with Crippen LogP contribution in [-0.2, 0) is 4.79 Å². The molecule has 0 bridgehead atoms. The SMILES string of the molecule is CC(C)N1C(=O)c2ccccc2[C@@H](C(=O)O)[C@H]1c1ccccc1Cl. The predicted octanol–water partition coefficient (Wildman–Crippen LogP) is 4.11. The average molecular weight is 344 g/mol. The van der Waals surface area contributed by atoms with Crippen LogP contribution in [0.5, 0.6) is 0 Å². The van der Waals surface area contributed by atoms with Crippen LogP contribution in [0.4, 0.5) is 0 Å². The van der Waals surface area contributed by atoms with E-state index in [-0.39, 0.29) is 11.9 Å². The normalized spacial score (nSPS) is 20.2. The number of benzene rings is 2. The zero-order valence-corrected chi connectivity index (χ0v) is 14.2. The lowest BCUT2D eigenvalue weighted by atomic mass is 9.79. The maximum atomic E-state index is 13.0. The summed E-state index contributed by atoms with van der Waals surface area (Å²) >= 11 is 6.34. The number of carboxylic acid groups (broad SMARTS) is 1. The first kappa shape index (κ1) is 16.5. The molecule has 0 aromatic heterocycles. The van der Waals surface area contributed by atoms with Crippen molar-refractivity contribution in [2.24, 2.45) is 0 Å². The Morgan fingerprint density at radius 1 is 1.08 bits per heavy atom. The number of hydrogen-bond donors (Lipinski definition) is 1. The molecular formula is C19H18ClNO3. The molecule has 2 atom stereocenters. The van der Waals surface area contributed by atoms with E-state index in [1.807, 2.05) is 19.9 Å². The van der Waals surface area contributed by atoms with Crippen molar-refractivity contribution in [3.8, 4) is 0 Å². The Balaban J connectivity index is 2.29. The molecule has 1 aliphatic heterocycles. The number of aliphatic carboxylic acids is 1. The minimum absolute atomic E-state index is 0.158. The van der Waals surface area contributed by atoms with E-state index < -0.39 is 17.9 Å². The van der Waals surface area contributed by atoms with E-state index in [9.17, 15) is 14.7 Å². The topological polar surface area (TPSA) is 57.6 Å². The number of carbonyl (C=O) groups excluding carboxylic acids is 1. The summed E-state index contributed by atoms with van der Waals surface area (Å²) in [6.07, 6.45) is 0. The lowest BCUT2D eigenvalue weighted by Crippen LogP contribution is -2.48. The first-order valence-corrected chi connectivity index (χ1v) is 8.20. The van der Waals surface area contributed by atoms with Crippen molar-refractivity contribution >= 4 is 23.5 Å². The molecule has 2 aromatic carbocycles. The standard InChI is InChI=1S/C19H18ClNO3/c1-11(2)21-17(14-9-5-6-10-15(14)20)16(19(23)24)12-7-3-4-8-13(12)18(21)22/h3-11,16-17H,1-2H3,(H,23,24)/t16-,17-/m1/s1. The van der Waals surface area contributed by atoms with Crippen molar-refractivity contribution < 1.29 is 14.7 Å². The number of hydrogen-bond acceptors (Lipinski definition) is 2. The number of carbonyl (C=O) groups is 2. The van der Waals surface area contributed by atoms with Crippen molar-refractivity contribution in [1.82, 2.24) is 4.90 Å². The summed E-state index contributed by atoms with van der Waals surface area (Å²) in [6.45, 7) is 3.77. The van der Waals surface area contributed by atoms with Gasteiger partial charge in [-0.3, -0.25) is 9.59 Å². The molecule has 5 heteroatoms. The molecule has 0 fully saturated rings. The van der Waals surface area contributed by atoms with Crippen LogP contribution in [0, 0.1) is 0 Å². The number of nitrogens with zero attached hydrogens (tertiary/aromatic N) is 1. The van der Waals surface area contributed by atoms with Gasteiger partial charge in [-0.1, -0.05) is 48.0 Å². The van der Waals surface area contributed by atoms with E-state index in [0.29, 0.717) is 21.7 Å². The maximum Gasteiger partial charge on any atom is 0.313 e. The van der Waals surface area contributed by atoms with Gasteiger partial charge in [0.25, 0.3) is 5.91 Å². The number of amides is 1. The van der Waals surface area contributed by atoms with Gasteiger partial charge in [0, 0.05) is 16.6 Å². The van der Waals surface area contributed by atoms with E-state index in [1.165, 1.54) is 0 Å². The summed E-state index contributed by atoms with van der Waals surface area (Å²) in [4.78, 5) is 26.7. The molecule has 0 aliphatic carbocycles. The minimum Gasteiger partial charge on any atom is -0.481 e. The fourth-order valence-electron chi connectivity index (χ4n) is 3.43. The second kappa shape index (κ2) is 6.29. The van der Waals surface area contributed by atoms with E-state index >= 15 is 0 Å². The maximum absolute atomic E-state index is 13.0. The Labute approximate surface area is 145 Å². The van der Waals surface area contributed by atoms with Crippen molar-refractivity contribution in [1.29, 1.82) is 0 Å². The zero-order valence-electron chi connectivity index (χ0n) is 13.4. The van der Waals surface area contributed by atoms with E-state index in [4.69, 9.17) is 11.6 Å². The van der Waals surface area contributed by atoms with Gasteiger partial charge in [-0.15, -0.1) is 0 Å². The van der Waals surface area contributed by atoms with Crippen LogP contribution in [0.15, 0.2) is 48.5 Å². The van der Waals surface area contributed by atoms with Gasteiger partial charge in [0.2, 0.25) is 0 Å². The van der Waals surface area contributed by atoms with Crippen LogP contribution in [0.2, 0.25) is 5.02 Å². The Kier molecular flexibility index (Phi) is 4.33.